The Kier molecular flexibility index (Phi) is 3.80. The van der Waals surface area contributed by atoms with E-state index in [1.54, 1.807) is 0 Å². The molecule has 1 saturated carbocycles. The maximum Gasteiger partial charge on any atom is 0.0249 e. The second-order valence-corrected chi connectivity index (χ2v) is 4.01. The Morgan fingerprint density at radius 3 is 2.92 bits per heavy atom. The summed E-state index contributed by atoms with van der Waals surface area (Å²) in [5, 5.41) is 0. The molecule has 0 bridgehead atoms. The molecule has 0 aliphatic heterocycles. The summed E-state index contributed by atoms with van der Waals surface area (Å²) in [7, 11) is 0. The number of hydrogen-bond acceptors (Lipinski definition) is 1. The van der Waals surface area contributed by atoms with Crippen LogP contribution in [0.25, 0.3) is 0 Å². The van der Waals surface area contributed by atoms with E-state index in [2.05, 4.69) is 13.5 Å². The van der Waals surface area contributed by atoms with Crippen molar-refractivity contribution in [2.45, 2.75) is 45.1 Å². The Morgan fingerprint density at radius 2 is 2.33 bits per heavy atom. The Morgan fingerprint density at radius 1 is 1.58 bits per heavy atom. The first-order valence-electron chi connectivity index (χ1n) is 5.16. The van der Waals surface area contributed by atoms with Crippen LogP contribution in [-0.2, 0) is 0 Å². The van der Waals surface area contributed by atoms with Crippen molar-refractivity contribution < 1.29 is 0 Å². The molecular weight excluding hydrogens is 146 g/mol. The van der Waals surface area contributed by atoms with E-state index >= 15 is 0 Å². The zero-order valence-corrected chi connectivity index (χ0v) is 8.13. The predicted octanol–water partition coefficient (Wildman–Crippen LogP) is 2.72. The summed E-state index contributed by atoms with van der Waals surface area (Å²) in [6, 6.07) is 0.236. The third-order valence-electron chi connectivity index (χ3n) is 3.22. The van der Waals surface area contributed by atoms with Crippen molar-refractivity contribution >= 4 is 0 Å². The lowest BCUT2D eigenvalue weighted by Crippen LogP contribution is -2.31. The van der Waals surface area contributed by atoms with Gasteiger partial charge in [0, 0.05) is 6.04 Å². The molecule has 0 amide bonds. The summed E-state index contributed by atoms with van der Waals surface area (Å²) in [6.45, 7) is 6.05. The molecule has 0 aromatic heterocycles. The predicted molar refractivity (Wildman–Crippen MR) is 53.9 cm³/mol. The molecule has 0 radical (unpaired) electrons. The Bertz CT molecular complexity index is 142. The van der Waals surface area contributed by atoms with E-state index in [1.165, 1.54) is 32.1 Å². The van der Waals surface area contributed by atoms with Crippen molar-refractivity contribution in [3.05, 3.63) is 12.7 Å². The van der Waals surface area contributed by atoms with E-state index in [0.29, 0.717) is 5.92 Å². The molecule has 0 aromatic carbocycles. The normalized spacial score (nSPS) is 32.8. The van der Waals surface area contributed by atoms with Gasteiger partial charge in [-0.2, -0.15) is 0 Å². The molecule has 70 valence electrons. The van der Waals surface area contributed by atoms with Crippen molar-refractivity contribution in [1.82, 2.24) is 0 Å². The molecule has 1 rings (SSSR count). The largest absolute Gasteiger partial charge is 0.324 e. The van der Waals surface area contributed by atoms with Gasteiger partial charge in [0.05, 0.1) is 0 Å². The zero-order valence-electron chi connectivity index (χ0n) is 8.13. The third-order valence-corrected chi connectivity index (χ3v) is 3.22. The first kappa shape index (κ1) is 9.79. The average Bonchev–Trinajstić information content (AvgIpc) is 2.17. The Labute approximate surface area is 76.0 Å². The lowest BCUT2D eigenvalue weighted by molar-refractivity contribution is 0.245. The standard InChI is InChI=1S/C11H21N/c1-3-9-6-5-7-10(8-9)11(12)4-2/h4,9-11H,2-3,5-8,12H2,1H3. The zero-order chi connectivity index (χ0) is 8.97. The summed E-state index contributed by atoms with van der Waals surface area (Å²) in [6.07, 6.45) is 8.64. The molecular formula is C11H21N. The molecule has 2 N–H and O–H groups in total. The fourth-order valence-electron chi connectivity index (χ4n) is 2.25. The van der Waals surface area contributed by atoms with Crippen molar-refractivity contribution in [3.63, 3.8) is 0 Å². The quantitative estimate of drug-likeness (QED) is 0.643. The summed E-state index contributed by atoms with van der Waals surface area (Å²) >= 11 is 0. The molecule has 0 spiro atoms. The topological polar surface area (TPSA) is 26.0 Å². The molecule has 3 atom stereocenters. The number of rotatable bonds is 3. The van der Waals surface area contributed by atoms with Crippen molar-refractivity contribution in [2.75, 3.05) is 0 Å². The van der Waals surface area contributed by atoms with Gasteiger partial charge in [-0.3, -0.25) is 0 Å². The van der Waals surface area contributed by atoms with Gasteiger partial charge in [-0.05, 0) is 24.7 Å². The van der Waals surface area contributed by atoms with Crippen LogP contribution in [0.2, 0.25) is 0 Å². The second-order valence-electron chi connectivity index (χ2n) is 4.01. The fourth-order valence-corrected chi connectivity index (χ4v) is 2.25. The summed E-state index contributed by atoms with van der Waals surface area (Å²) in [5.41, 5.74) is 5.95. The third kappa shape index (κ3) is 2.34. The van der Waals surface area contributed by atoms with Crippen LogP contribution in [0.15, 0.2) is 12.7 Å². The molecule has 3 unspecified atom stereocenters. The fraction of sp³-hybridized carbons (Fsp3) is 0.818. The van der Waals surface area contributed by atoms with Gasteiger partial charge in [0.2, 0.25) is 0 Å². The van der Waals surface area contributed by atoms with Crippen LogP contribution in [0.3, 0.4) is 0 Å². The van der Waals surface area contributed by atoms with Crippen molar-refractivity contribution in [2.24, 2.45) is 17.6 Å². The van der Waals surface area contributed by atoms with E-state index in [-0.39, 0.29) is 6.04 Å². The van der Waals surface area contributed by atoms with Gasteiger partial charge in [-0.15, -0.1) is 6.58 Å². The molecule has 1 fully saturated rings. The van der Waals surface area contributed by atoms with E-state index in [0.717, 1.165) is 5.92 Å². The molecule has 1 heteroatoms. The van der Waals surface area contributed by atoms with Gasteiger partial charge in [0.25, 0.3) is 0 Å². The number of hydrogen-bond donors (Lipinski definition) is 1. The maximum absolute atomic E-state index is 5.95. The monoisotopic (exact) mass is 167 g/mol. The van der Waals surface area contributed by atoms with Crippen molar-refractivity contribution in [1.29, 1.82) is 0 Å². The smallest absolute Gasteiger partial charge is 0.0249 e. The van der Waals surface area contributed by atoms with Crippen LogP contribution in [0.1, 0.15) is 39.0 Å². The first-order valence-corrected chi connectivity index (χ1v) is 5.16. The minimum absolute atomic E-state index is 0.236. The maximum atomic E-state index is 5.95. The van der Waals surface area contributed by atoms with Gasteiger partial charge in [-0.1, -0.05) is 32.3 Å². The van der Waals surface area contributed by atoms with E-state index in [9.17, 15) is 0 Å². The SMILES string of the molecule is C=CC(N)C1CCCC(CC)C1. The van der Waals surface area contributed by atoms with Crippen LogP contribution in [0.4, 0.5) is 0 Å². The summed E-state index contributed by atoms with van der Waals surface area (Å²) < 4.78 is 0. The second kappa shape index (κ2) is 4.66. The average molecular weight is 167 g/mol. The highest BCUT2D eigenvalue weighted by Crippen LogP contribution is 2.32. The lowest BCUT2D eigenvalue weighted by atomic mass is 9.77. The van der Waals surface area contributed by atoms with Crippen LogP contribution in [0, 0.1) is 11.8 Å². The molecule has 1 aliphatic rings. The van der Waals surface area contributed by atoms with Crippen LogP contribution in [-0.4, -0.2) is 6.04 Å². The Balaban J connectivity index is 2.39. The number of nitrogens with two attached hydrogens (primary N) is 1. The minimum Gasteiger partial charge on any atom is -0.324 e. The molecule has 0 heterocycles. The van der Waals surface area contributed by atoms with Crippen molar-refractivity contribution in [3.8, 4) is 0 Å². The lowest BCUT2D eigenvalue weighted by Gasteiger charge is -2.31. The summed E-state index contributed by atoms with van der Waals surface area (Å²) in [4.78, 5) is 0. The van der Waals surface area contributed by atoms with Crippen LogP contribution in [0.5, 0.6) is 0 Å². The van der Waals surface area contributed by atoms with E-state index in [4.69, 9.17) is 5.73 Å². The highest BCUT2D eigenvalue weighted by atomic mass is 14.6. The van der Waals surface area contributed by atoms with Gasteiger partial charge in [0.15, 0.2) is 0 Å². The van der Waals surface area contributed by atoms with Gasteiger partial charge < -0.3 is 5.73 Å². The Hall–Kier alpha value is -0.300. The van der Waals surface area contributed by atoms with Gasteiger partial charge in [0.1, 0.15) is 0 Å². The molecule has 1 nitrogen and oxygen atoms in total. The molecule has 0 saturated heterocycles. The molecule has 0 aromatic rings. The minimum atomic E-state index is 0.236. The first-order chi connectivity index (χ1) is 5.77. The summed E-state index contributed by atoms with van der Waals surface area (Å²) in [5.74, 6) is 1.64. The van der Waals surface area contributed by atoms with E-state index in [1.807, 2.05) is 6.08 Å². The highest BCUT2D eigenvalue weighted by molar-refractivity contribution is 4.90. The van der Waals surface area contributed by atoms with E-state index < -0.39 is 0 Å². The van der Waals surface area contributed by atoms with Gasteiger partial charge >= 0.3 is 0 Å². The van der Waals surface area contributed by atoms with Crippen LogP contribution < -0.4 is 5.73 Å². The highest BCUT2D eigenvalue weighted by Gasteiger charge is 2.23. The van der Waals surface area contributed by atoms with Crippen LogP contribution >= 0.6 is 0 Å². The molecule has 12 heavy (non-hydrogen) atoms. The molecule has 1 aliphatic carbocycles. The van der Waals surface area contributed by atoms with Gasteiger partial charge in [-0.25, -0.2) is 0 Å².